The van der Waals surface area contributed by atoms with Crippen molar-refractivity contribution in [2.45, 2.75) is 40.7 Å². The maximum atomic E-state index is 12.5. The molecule has 1 unspecified atom stereocenters. The van der Waals surface area contributed by atoms with Crippen LogP contribution in [0.5, 0.6) is 0 Å². The van der Waals surface area contributed by atoms with Crippen LogP contribution < -0.4 is 5.32 Å². The van der Waals surface area contributed by atoms with Crippen molar-refractivity contribution in [2.75, 3.05) is 18.9 Å². The molecule has 1 aromatic heterocycles. The fourth-order valence-corrected chi connectivity index (χ4v) is 1.80. The summed E-state index contributed by atoms with van der Waals surface area (Å²) in [6.45, 7) is 11.3. The number of carbonyl (C=O) groups is 1. The van der Waals surface area contributed by atoms with Crippen LogP contribution in [0, 0.1) is 5.41 Å². The first kappa shape index (κ1) is 15.5. The van der Waals surface area contributed by atoms with E-state index in [-0.39, 0.29) is 17.4 Å². The van der Waals surface area contributed by atoms with Crippen molar-refractivity contribution < 1.29 is 4.79 Å². The summed E-state index contributed by atoms with van der Waals surface area (Å²) in [7, 11) is 1.85. The second-order valence-electron chi connectivity index (χ2n) is 5.92. The Morgan fingerprint density at radius 2 is 2.11 bits per heavy atom. The van der Waals surface area contributed by atoms with Gasteiger partial charge in [0.05, 0.1) is 0 Å². The predicted octanol–water partition coefficient (Wildman–Crippen LogP) is 3.02. The lowest BCUT2D eigenvalue weighted by Crippen LogP contribution is -2.43. The third kappa shape index (κ3) is 3.94. The second kappa shape index (κ2) is 6.04. The summed E-state index contributed by atoms with van der Waals surface area (Å²) in [5.41, 5.74) is 0.728. The van der Waals surface area contributed by atoms with E-state index in [1.807, 2.05) is 14.0 Å². The van der Waals surface area contributed by atoms with Crippen molar-refractivity contribution in [3.63, 3.8) is 0 Å². The zero-order chi connectivity index (χ0) is 14.6. The summed E-state index contributed by atoms with van der Waals surface area (Å²) in [6.07, 6.45) is 1.67. The van der Waals surface area contributed by atoms with E-state index in [1.165, 1.54) is 0 Å². The van der Waals surface area contributed by atoms with Gasteiger partial charge in [0.2, 0.25) is 0 Å². The molecule has 0 aliphatic carbocycles. The highest BCUT2D eigenvalue weighted by Crippen LogP contribution is 2.24. The summed E-state index contributed by atoms with van der Waals surface area (Å²) < 4.78 is 0. The number of nitrogens with one attached hydrogen (secondary N) is 1. The third-order valence-electron chi connectivity index (χ3n) is 3.52. The van der Waals surface area contributed by atoms with Crippen molar-refractivity contribution in [2.24, 2.45) is 5.41 Å². The standard InChI is InChI=1S/C15H25N3O/c1-7-16-13-10-12(8-9-17-13)14(19)18(6)11(2)15(3,4)5/h8-11H,7H2,1-6H3,(H,16,17). The summed E-state index contributed by atoms with van der Waals surface area (Å²) in [6, 6.07) is 3.72. The molecular formula is C15H25N3O. The van der Waals surface area contributed by atoms with Gasteiger partial charge in [0.25, 0.3) is 5.91 Å². The number of amides is 1. The summed E-state index contributed by atoms with van der Waals surface area (Å²) >= 11 is 0. The van der Waals surface area contributed by atoms with Gasteiger partial charge in [-0.1, -0.05) is 20.8 Å². The smallest absolute Gasteiger partial charge is 0.254 e. The third-order valence-corrected chi connectivity index (χ3v) is 3.52. The van der Waals surface area contributed by atoms with Gasteiger partial charge in [-0.15, -0.1) is 0 Å². The van der Waals surface area contributed by atoms with Crippen molar-refractivity contribution in [3.05, 3.63) is 23.9 Å². The largest absolute Gasteiger partial charge is 0.370 e. The fraction of sp³-hybridized carbons (Fsp3) is 0.600. The molecule has 0 bridgehead atoms. The minimum absolute atomic E-state index is 0.0315. The van der Waals surface area contributed by atoms with E-state index < -0.39 is 0 Å². The Labute approximate surface area is 116 Å². The number of rotatable bonds is 4. The molecule has 0 spiro atoms. The summed E-state index contributed by atoms with van der Waals surface area (Å²) in [4.78, 5) is 18.4. The van der Waals surface area contributed by atoms with Crippen molar-refractivity contribution in [1.29, 1.82) is 0 Å². The van der Waals surface area contributed by atoms with Crippen LogP contribution in [0.1, 0.15) is 45.0 Å². The molecule has 4 heteroatoms. The maximum absolute atomic E-state index is 12.5. The number of anilines is 1. The molecule has 1 heterocycles. The van der Waals surface area contributed by atoms with E-state index in [4.69, 9.17) is 0 Å². The summed E-state index contributed by atoms with van der Waals surface area (Å²) in [5, 5.41) is 3.12. The van der Waals surface area contributed by atoms with E-state index in [0.717, 1.165) is 12.4 Å². The quantitative estimate of drug-likeness (QED) is 0.908. The molecule has 1 aromatic rings. The molecule has 1 rings (SSSR count). The van der Waals surface area contributed by atoms with Crippen molar-refractivity contribution in [3.8, 4) is 0 Å². The van der Waals surface area contributed by atoms with Crippen LogP contribution in [0.2, 0.25) is 0 Å². The topological polar surface area (TPSA) is 45.2 Å². The Morgan fingerprint density at radius 3 is 2.63 bits per heavy atom. The predicted molar refractivity (Wildman–Crippen MR) is 79.4 cm³/mol. The zero-order valence-electron chi connectivity index (χ0n) is 12.8. The van der Waals surface area contributed by atoms with E-state index >= 15 is 0 Å². The highest BCUT2D eigenvalue weighted by Gasteiger charge is 2.27. The van der Waals surface area contributed by atoms with Gasteiger partial charge in [-0.3, -0.25) is 4.79 Å². The van der Waals surface area contributed by atoms with Crippen molar-refractivity contribution >= 4 is 11.7 Å². The van der Waals surface area contributed by atoms with Crippen LogP contribution in [-0.2, 0) is 0 Å². The minimum Gasteiger partial charge on any atom is -0.370 e. The highest BCUT2D eigenvalue weighted by atomic mass is 16.2. The molecule has 0 radical (unpaired) electrons. The number of aromatic nitrogens is 1. The number of carbonyl (C=O) groups excluding carboxylic acids is 1. The van der Waals surface area contributed by atoms with Crippen LogP contribution in [-0.4, -0.2) is 35.4 Å². The molecule has 0 aromatic carbocycles. The number of pyridine rings is 1. The monoisotopic (exact) mass is 263 g/mol. The average Bonchev–Trinajstić information content (AvgIpc) is 2.36. The number of nitrogens with zero attached hydrogens (tertiary/aromatic N) is 2. The van der Waals surface area contributed by atoms with E-state index in [0.29, 0.717) is 5.56 Å². The minimum atomic E-state index is 0.0315. The van der Waals surface area contributed by atoms with Gasteiger partial charge >= 0.3 is 0 Å². The first-order valence-corrected chi connectivity index (χ1v) is 6.74. The summed E-state index contributed by atoms with van der Waals surface area (Å²) in [5.74, 6) is 0.772. The normalized spacial score (nSPS) is 12.9. The molecule has 0 saturated heterocycles. The maximum Gasteiger partial charge on any atom is 0.254 e. The molecule has 0 saturated carbocycles. The van der Waals surface area contributed by atoms with Crippen LogP contribution in [0.3, 0.4) is 0 Å². The van der Waals surface area contributed by atoms with Crippen LogP contribution in [0.4, 0.5) is 5.82 Å². The Hall–Kier alpha value is -1.58. The molecule has 1 atom stereocenters. The first-order chi connectivity index (χ1) is 8.77. The van der Waals surface area contributed by atoms with E-state index in [9.17, 15) is 4.79 Å². The number of hydrogen-bond acceptors (Lipinski definition) is 3. The van der Waals surface area contributed by atoms with E-state index in [1.54, 1.807) is 23.2 Å². The lowest BCUT2D eigenvalue weighted by molar-refractivity contribution is 0.0629. The van der Waals surface area contributed by atoms with Gasteiger partial charge in [-0.25, -0.2) is 4.98 Å². The molecule has 0 aliphatic rings. The van der Waals surface area contributed by atoms with Crippen LogP contribution in [0.25, 0.3) is 0 Å². The average molecular weight is 263 g/mol. The Morgan fingerprint density at radius 1 is 1.47 bits per heavy atom. The Bertz CT molecular complexity index is 437. The van der Waals surface area contributed by atoms with Crippen LogP contribution in [0.15, 0.2) is 18.3 Å². The molecular weight excluding hydrogens is 238 g/mol. The second-order valence-corrected chi connectivity index (χ2v) is 5.92. The molecule has 4 nitrogen and oxygen atoms in total. The Kier molecular flexibility index (Phi) is 4.92. The highest BCUT2D eigenvalue weighted by molar-refractivity contribution is 5.94. The van der Waals surface area contributed by atoms with Crippen molar-refractivity contribution in [1.82, 2.24) is 9.88 Å². The van der Waals surface area contributed by atoms with Gasteiger partial charge in [0.15, 0.2) is 0 Å². The lowest BCUT2D eigenvalue weighted by atomic mass is 9.87. The lowest BCUT2D eigenvalue weighted by Gasteiger charge is -2.35. The van der Waals surface area contributed by atoms with Gasteiger partial charge in [0, 0.05) is 31.4 Å². The first-order valence-electron chi connectivity index (χ1n) is 6.74. The molecule has 106 valence electrons. The SMILES string of the molecule is CCNc1cc(C(=O)N(C)C(C)C(C)(C)C)ccn1. The van der Waals surface area contributed by atoms with Crippen LogP contribution >= 0.6 is 0 Å². The molecule has 19 heavy (non-hydrogen) atoms. The Balaban J connectivity index is 2.91. The number of hydrogen-bond donors (Lipinski definition) is 1. The van der Waals surface area contributed by atoms with Gasteiger partial charge in [0.1, 0.15) is 5.82 Å². The van der Waals surface area contributed by atoms with Gasteiger partial charge < -0.3 is 10.2 Å². The molecule has 1 N–H and O–H groups in total. The van der Waals surface area contributed by atoms with Gasteiger partial charge in [-0.05, 0) is 31.4 Å². The zero-order valence-corrected chi connectivity index (χ0v) is 12.8. The fourth-order valence-electron chi connectivity index (χ4n) is 1.80. The molecule has 1 amide bonds. The van der Waals surface area contributed by atoms with Gasteiger partial charge in [-0.2, -0.15) is 0 Å². The molecule has 0 fully saturated rings. The van der Waals surface area contributed by atoms with E-state index in [2.05, 4.69) is 38.0 Å². The molecule has 0 aliphatic heterocycles.